The molecule has 2 heterocycles. The molecule has 0 amide bonds. The molecule has 0 unspecified atom stereocenters. The molecule has 0 aliphatic rings. The molecule has 2 rings (SSSR count). The van der Waals surface area contributed by atoms with Crippen LogP contribution in [-0.2, 0) is 5.92 Å². The standard InChI is InChI=1S/C9H5ClF4N2O/c10-9(13,14)8(11,12)7-4-5(15-16-7)6-2-1-3-17-6/h1-4H,(H,15,16). The summed E-state index contributed by atoms with van der Waals surface area (Å²) in [6, 6.07) is 3.73. The summed E-state index contributed by atoms with van der Waals surface area (Å²) in [5.41, 5.74) is -1.09. The SMILES string of the molecule is FC(F)(Cl)C(F)(F)c1cc(-c2ccco2)n[nH]1. The summed E-state index contributed by atoms with van der Waals surface area (Å²) in [5.74, 6) is -4.35. The Labute approximate surface area is 97.4 Å². The molecule has 92 valence electrons. The van der Waals surface area contributed by atoms with Crippen molar-refractivity contribution >= 4 is 11.6 Å². The zero-order valence-corrected chi connectivity index (χ0v) is 8.81. The molecule has 17 heavy (non-hydrogen) atoms. The Morgan fingerprint density at radius 3 is 2.53 bits per heavy atom. The van der Waals surface area contributed by atoms with Crippen molar-refractivity contribution in [3.8, 4) is 11.5 Å². The molecule has 8 heteroatoms. The van der Waals surface area contributed by atoms with Gasteiger partial charge in [0.25, 0.3) is 0 Å². The number of aromatic amines is 1. The van der Waals surface area contributed by atoms with Gasteiger partial charge in [0.2, 0.25) is 0 Å². The van der Waals surface area contributed by atoms with Crippen molar-refractivity contribution in [2.45, 2.75) is 11.3 Å². The number of H-pyrrole nitrogens is 1. The van der Waals surface area contributed by atoms with E-state index >= 15 is 0 Å². The van der Waals surface area contributed by atoms with E-state index in [-0.39, 0.29) is 11.5 Å². The third-order valence-corrected chi connectivity index (χ3v) is 2.28. The van der Waals surface area contributed by atoms with Crippen molar-refractivity contribution < 1.29 is 22.0 Å². The van der Waals surface area contributed by atoms with Crippen LogP contribution in [0.1, 0.15) is 5.69 Å². The second kappa shape index (κ2) is 3.76. The lowest BCUT2D eigenvalue weighted by atomic mass is 10.2. The molecule has 0 aliphatic carbocycles. The first-order valence-corrected chi connectivity index (χ1v) is 4.74. The van der Waals surface area contributed by atoms with E-state index < -0.39 is 17.0 Å². The van der Waals surface area contributed by atoms with Gasteiger partial charge in [-0.25, -0.2) is 0 Å². The summed E-state index contributed by atoms with van der Waals surface area (Å²) >= 11 is 4.34. The molecule has 0 bridgehead atoms. The smallest absolute Gasteiger partial charge is 0.390 e. The minimum Gasteiger partial charge on any atom is -0.463 e. The predicted molar refractivity (Wildman–Crippen MR) is 51.0 cm³/mol. The average Bonchev–Trinajstić information content (AvgIpc) is 2.87. The predicted octanol–water partition coefficient (Wildman–Crippen LogP) is 3.59. The van der Waals surface area contributed by atoms with Gasteiger partial charge in [-0.3, -0.25) is 5.10 Å². The van der Waals surface area contributed by atoms with Crippen LogP contribution in [0.4, 0.5) is 17.6 Å². The number of hydrogen-bond acceptors (Lipinski definition) is 2. The Balaban J connectivity index is 2.37. The van der Waals surface area contributed by atoms with E-state index in [0.717, 1.165) is 6.07 Å². The van der Waals surface area contributed by atoms with Gasteiger partial charge in [-0.1, -0.05) is 0 Å². The summed E-state index contributed by atoms with van der Waals surface area (Å²) in [5, 5.41) is 0.570. The van der Waals surface area contributed by atoms with Crippen molar-refractivity contribution in [2.24, 2.45) is 0 Å². The van der Waals surface area contributed by atoms with Gasteiger partial charge in [0.1, 0.15) is 11.4 Å². The molecule has 0 saturated carbocycles. The number of aromatic nitrogens is 2. The quantitative estimate of drug-likeness (QED) is 0.683. The second-order valence-corrected chi connectivity index (χ2v) is 3.69. The van der Waals surface area contributed by atoms with Gasteiger partial charge in [0, 0.05) is 0 Å². The van der Waals surface area contributed by atoms with Crippen LogP contribution >= 0.6 is 11.6 Å². The highest BCUT2D eigenvalue weighted by atomic mass is 35.5. The van der Waals surface area contributed by atoms with E-state index in [9.17, 15) is 17.6 Å². The summed E-state index contributed by atoms with van der Waals surface area (Å²) in [7, 11) is 0. The van der Waals surface area contributed by atoms with Crippen LogP contribution in [0.2, 0.25) is 0 Å². The van der Waals surface area contributed by atoms with Crippen molar-refractivity contribution in [2.75, 3.05) is 0 Å². The topological polar surface area (TPSA) is 41.8 Å². The molecule has 0 aromatic carbocycles. The Hall–Kier alpha value is -1.50. The largest absolute Gasteiger partial charge is 0.463 e. The van der Waals surface area contributed by atoms with Gasteiger partial charge >= 0.3 is 11.3 Å². The Morgan fingerprint density at radius 1 is 1.29 bits per heavy atom. The molecule has 0 spiro atoms. The van der Waals surface area contributed by atoms with E-state index in [1.807, 2.05) is 5.10 Å². The third-order valence-electron chi connectivity index (χ3n) is 2.05. The van der Waals surface area contributed by atoms with Crippen LogP contribution in [0.15, 0.2) is 28.9 Å². The van der Waals surface area contributed by atoms with Gasteiger partial charge in [0.15, 0.2) is 5.76 Å². The first-order valence-electron chi connectivity index (χ1n) is 4.36. The van der Waals surface area contributed by atoms with Crippen LogP contribution in [-0.4, -0.2) is 15.6 Å². The van der Waals surface area contributed by atoms with E-state index in [2.05, 4.69) is 16.7 Å². The lowest BCUT2D eigenvalue weighted by molar-refractivity contribution is -0.166. The molecular weight excluding hydrogens is 264 g/mol. The van der Waals surface area contributed by atoms with Crippen molar-refractivity contribution in [3.05, 3.63) is 30.2 Å². The molecule has 2 aromatic heterocycles. The lowest BCUT2D eigenvalue weighted by Crippen LogP contribution is -2.33. The van der Waals surface area contributed by atoms with Crippen molar-refractivity contribution in [1.29, 1.82) is 0 Å². The summed E-state index contributed by atoms with van der Waals surface area (Å²) in [6.07, 6.45) is 1.30. The molecule has 3 nitrogen and oxygen atoms in total. The number of halogens is 5. The third kappa shape index (κ3) is 2.02. The minimum atomic E-state index is -4.69. The molecule has 0 atom stereocenters. The number of nitrogens with one attached hydrogen (secondary N) is 1. The molecule has 2 aromatic rings. The van der Waals surface area contributed by atoms with Gasteiger partial charge in [-0.15, -0.1) is 0 Å². The van der Waals surface area contributed by atoms with E-state index in [1.165, 1.54) is 18.4 Å². The number of furan rings is 1. The minimum absolute atomic E-state index is 0.00871. The molecular formula is C9H5ClF4N2O. The van der Waals surface area contributed by atoms with Crippen LogP contribution in [0, 0.1) is 0 Å². The fourth-order valence-electron chi connectivity index (χ4n) is 1.19. The molecule has 0 fully saturated rings. The van der Waals surface area contributed by atoms with Crippen molar-refractivity contribution in [1.82, 2.24) is 10.2 Å². The van der Waals surface area contributed by atoms with E-state index in [1.54, 1.807) is 0 Å². The monoisotopic (exact) mass is 268 g/mol. The van der Waals surface area contributed by atoms with Gasteiger partial charge < -0.3 is 4.42 Å². The highest BCUT2D eigenvalue weighted by Crippen LogP contribution is 2.45. The summed E-state index contributed by atoms with van der Waals surface area (Å²) in [4.78, 5) is 0. The fraction of sp³-hybridized carbons (Fsp3) is 0.222. The number of rotatable bonds is 3. The second-order valence-electron chi connectivity index (χ2n) is 3.22. The lowest BCUT2D eigenvalue weighted by Gasteiger charge is -2.18. The number of nitrogens with zero attached hydrogens (tertiary/aromatic N) is 1. The van der Waals surface area contributed by atoms with Crippen LogP contribution in [0.5, 0.6) is 0 Å². The zero-order valence-electron chi connectivity index (χ0n) is 8.05. The average molecular weight is 269 g/mol. The summed E-state index contributed by atoms with van der Waals surface area (Å²) in [6.45, 7) is 0. The molecule has 0 radical (unpaired) electrons. The van der Waals surface area contributed by atoms with E-state index in [0.29, 0.717) is 0 Å². The Kier molecular flexibility index (Phi) is 2.65. The maximum atomic E-state index is 13.1. The van der Waals surface area contributed by atoms with Gasteiger partial charge in [-0.05, 0) is 29.8 Å². The molecule has 0 aliphatic heterocycles. The maximum absolute atomic E-state index is 13.1. The van der Waals surface area contributed by atoms with E-state index in [4.69, 9.17) is 4.42 Å². The Bertz CT molecular complexity index is 503. The molecule has 0 saturated heterocycles. The molecule has 1 N–H and O–H groups in total. The number of alkyl halides is 5. The summed E-state index contributed by atoms with van der Waals surface area (Å²) < 4.78 is 56.1. The zero-order chi connectivity index (χ0) is 12.7. The van der Waals surface area contributed by atoms with Crippen LogP contribution < -0.4 is 0 Å². The van der Waals surface area contributed by atoms with Crippen molar-refractivity contribution in [3.63, 3.8) is 0 Å². The highest BCUT2D eigenvalue weighted by molar-refractivity contribution is 6.22. The number of hydrogen-bond donors (Lipinski definition) is 1. The van der Waals surface area contributed by atoms with Crippen LogP contribution in [0.25, 0.3) is 11.5 Å². The fourth-order valence-corrected chi connectivity index (χ4v) is 1.29. The van der Waals surface area contributed by atoms with Gasteiger partial charge in [-0.2, -0.15) is 22.7 Å². The van der Waals surface area contributed by atoms with Crippen LogP contribution in [0.3, 0.4) is 0 Å². The highest BCUT2D eigenvalue weighted by Gasteiger charge is 2.57. The first-order chi connectivity index (χ1) is 7.82. The normalized spacial score (nSPS) is 13.0. The maximum Gasteiger partial charge on any atom is 0.390 e. The van der Waals surface area contributed by atoms with Gasteiger partial charge in [0.05, 0.1) is 6.26 Å². The Morgan fingerprint density at radius 2 is 2.00 bits per heavy atom. The first kappa shape index (κ1) is 12.0.